The fraction of sp³-hybridized carbons (Fsp3) is 0.0714. The molecule has 1 amide bonds. The SMILES string of the molecule is NC(=O)c1ccc(OCc2cccc(C(=O)O)n2)cc1. The van der Waals surface area contributed by atoms with E-state index in [4.69, 9.17) is 15.6 Å². The molecule has 1 aromatic carbocycles. The summed E-state index contributed by atoms with van der Waals surface area (Å²) in [5.41, 5.74) is 5.99. The minimum atomic E-state index is -1.09. The Morgan fingerprint density at radius 1 is 1.15 bits per heavy atom. The Balaban J connectivity index is 2.03. The lowest BCUT2D eigenvalue weighted by Crippen LogP contribution is -2.10. The quantitative estimate of drug-likeness (QED) is 0.857. The maximum absolute atomic E-state index is 10.9. The number of rotatable bonds is 5. The van der Waals surface area contributed by atoms with Crippen LogP contribution in [0.5, 0.6) is 5.75 Å². The first kappa shape index (κ1) is 13.5. The summed E-state index contributed by atoms with van der Waals surface area (Å²) in [4.78, 5) is 25.6. The van der Waals surface area contributed by atoms with Crippen LogP contribution in [0.25, 0.3) is 0 Å². The second-order valence-corrected chi connectivity index (χ2v) is 4.00. The van der Waals surface area contributed by atoms with Crippen LogP contribution in [0.15, 0.2) is 42.5 Å². The third kappa shape index (κ3) is 3.32. The summed E-state index contributed by atoms with van der Waals surface area (Å²) >= 11 is 0. The Morgan fingerprint density at radius 3 is 2.45 bits per heavy atom. The molecule has 6 heteroatoms. The molecule has 0 bridgehead atoms. The van der Waals surface area contributed by atoms with Gasteiger partial charge < -0.3 is 15.6 Å². The number of primary amides is 1. The van der Waals surface area contributed by atoms with Crippen LogP contribution in [0, 0.1) is 0 Å². The summed E-state index contributed by atoms with van der Waals surface area (Å²) in [5.74, 6) is -1.05. The molecule has 0 aliphatic rings. The molecule has 0 aliphatic heterocycles. The van der Waals surface area contributed by atoms with Gasteiger partial charge in [-0.1, -0.05) is 6.07 Å². The molecular weight excluding hydrogens is 260 g/mol. The number of ether oxygens (including phenoxy) is 1. The number of carboxylic acids is 1. The smallest absolute Gasteiger partial charge is 0.354 e. The summed E-state index contributed by atoms with van der Waals surface area (Å²) in [6.45, 7) is 0.136. The summed E-state index contributed by atoms with van der Waals surface area (Å²) in [6.07, 6.45) is 0. The van der Waals surface area contributed by atoms with Crippen molar-refractivity contribution in [3.05, 3.63) is 59.4 Å². The normalized spacial score (nSPS) is 10.0. The average molecular weight is 272 g/mol. The Bertz CT molecular complexity index is 638. The Labute approximate surface area is 114 Å². The highest BCUT2D eigenvalue weighted by Crippen LogP contribution is 2.13. The van der Waals surface area contributed by atoms with Crippen molar-refractivity contribution in [2.45, 2.75) is 6.61 Å². The lowest BCUT2D eigenvalue weighted by Gasteiger charge is -2.06. The predicted octanol–water partition coefficient (Wildman–Crippen LogP) is 1.46. The number of aromatic nitrogens is 1. The largest absolute Gasteiger partial charge is 0.487 e. The van der Waals surface area contributed by atoms with Gasteiger partial charge in [-0.05, 0) is 36.4 Å². The summed E-state index contributed by atoms with van der Waals surface area (Å²) < 4.78 is 5.45. The first-order chi connectivity index (χ1) is 9.56. The van der Waals surface area contributed by atoms with E-state index in [1.54, 1.807) is 36.4 Å². The molecule has 0 saturated heterocycles. The summed E-state index contributed by atoms with van der Waals surface area (Å²) in [5, 5.41) is 8.83. The third-order valence-electron chi connectivity index (χ3n) is 2.55. The summed E-state index contributed by atoms with van der Waals surface area (Å²) in [7, 11) is 0. The number of nitrogens with two attached hydrogens (primary N) is 1. The fourth-order valence-corrected chi connectivity index (χ4v) is 1.55. The first-order valence-electron chi connectivity index (χ1n) is 5.78. The van der Waals surface area contributed by atoms with Gasteiger partial charge >= 0.3 is 5.97 Å². The molecule has 1 heterocycles. The number of amides is 1. The van der Waals surface area contributed by atoms with Crippen molar-refractivity contribution < 1.29 is 19.4 Å². The minimum absolute atomic E-state index is 0.0322. The van der Waals surface area contributed by atoms with Crippen molar-refractivity contribution in [1.82, 2.24) is 4.98 Å². The average Bonchev–Trinajstić information content (AvgIpc) is 2.46. The highest BCUT2D eigenvalue weighted by atomic mass is 16.5. The van der Waals surface area contributed by atoms with Crippen molar-refractivity contribution in [2.75, 3.05) is 0 Å². The molecule has 0 aliphatic carbocycles. The number of carbonyl (C=O) groups is 2. The zero-order valence-corrected chi connectivity index (χ0v) is 10.4. The maximum atomic E-state index is 10.9. The molecule has 2 rings (SSSR count). The Hall–Kier alpha value is -2.89. The first-order valence-corrected chi connectivity index (χ1v) is 5.78. The van der Waals surface area contributed by atoms with E-state index in [9.17, 15) is 9.59 Å². The Kier molecular flexibility index (Phi) is 3.95. The van der Waals surface area contributed by atoms with E-state index in [-0.39, 0.29) is 12.3 Å². The van der Waals surface area contributed by atoms with E-state index in [2.05, 4.69) is 4.98 Å². The molecule has 0 radical (unpaired) electrons. The standard InChI is InChI=1S/C14H12N2O4/c15-13(17)9-4-6-11(7-5-9)20-8-10-2-1-3-12(16-10)14(18)19/h1-7H,8H2,(H2,15,17)(H,18,19). The van der Waals surface area contributed by atoms with Gasteiger partial charge in [0, 0.05) is 5.56 Å². The fourth-order valence-electron chi connectivity index (χ4n) is 1.55. The zero-order chi connectivity index (χ0) is 14.5. The van der Waals surface area contributed by atoms with E-state index in [1.165, 1.54) is 6.07 Å². The molecule has 0 spiro atoms. The van der Waals surface area contributed by atoms with Gasteiger partial charge in [0.2, 0.25) is 5.91 Å². The molecular formula is C14H12N2O4. The lowest BCUT2D eigenvalue weighted by molar-refractivity contribution is 0.0689. The molecule has 2 aromatic rings. The van der Waals surface area contributed by atoms with Gasteiger partial charge in [-0.15, -0.1) is 0 Å². The second-order valence-electron chi connectivity index (χ2n) is 4.00. The van der Waals surface area contributed by atoms with Crippen molar-refractivity contribution in [3.8, 4) is 5.75 Å². The number of hydrogen-bond donors (Lipinski definition) is 2. The molecule has 0 atom stereocenters. The van der Waals surface area contributed by atoms with E-state index >= 15 is 0 Å². The number of carbonyl (C=O) groups excluding carboxylic acids is 1. The number of pyridine rings is 1. The molecule has 20 heavy (non-hydrogen) atoms. The van der Waals surface area contributed by atoms with Crippen LogP contribution in [0.1, 0.15) is 26.5 Å². The molecule has 6 nitrogen and oxygen atoms in total. The molecule has 0 fully saturated rings. The number of carboxylic acid groups (broad SMARTS) is 1. The predicted molar refractivity (Wildman–Crippen MR) is 70.5 cm³/mol. The summed E-state index contributed by atoms with van der Waals surface area (Å²) in [6, 6.07) is 11.0. The van der Waals surface area contributed by atoms with Gasteiger partial charge in [0.15, 0.2) is 0 Å². The topological polar surface area (TPSA) is 103 Å². The minimum Gasteiger partial charge on any atom is -0.487 e. The van der Waals surface area contributed by atoms with E-state index in [0.717, 1.165) is 0 Å². The van der Waals surface area contributed by atoms with Crippen molar-refractivity contribution in [2.24, 2.45) is 5.73 Å². The second kappa shape index (κ2) is 5.83. The number of hydrogen-bond acceptors (Lipinski definition) is 4. The molecule has 3 N–H and O–H groups in total. The van der Waals surface area contributed by atoms with E-state index in [1.807, 2.05) is 0 Å². The van der Waals surface area contributed by atoms with Gasteiger partial charge in [-0.3, -0.25) is 4.79 Å². The molecule has 1 aromatic heterocycles. The van der Waals surface area contributed by atoms with Gasteiger partial charge in [-0.2, -0.15) is 0 Å². The van der Waals surface area contributed by atoms with E-state index in [0.29, 0.717) is 17.0 Å². The van der Waals surface area contributed by atoms with E-state index < -0.39 is 11.9 Å². The highest BCUT2D eigenvalue weighted by Gasteiger charge is 2.06. The van der Waals surface area contributed by atoms with Gasteiger partial charge in [0.25, 0.3) is 0 Å². The van der Waals surface area contributed by atoms with Crippen LogP contribution in [0.4, 0.5) is 0 Å². The third-order valence-corrected chi connectivity index (χ3v) is 2.55. The molecule has 102 valence electrons. The molecule has 0 unspecified atom stereocenters. The monoisotopic (exact) mass is 272 g/mol. The van der Waals surface area contributed by atoms with Crippen LogP contribution in [-0.2, 0) is 6.61 Å². The zero-order valence-electron chi connectivity index (χ0n) is 10.4. The highest BCUT2D eigenvalue weighted by molar-refractivity contribution is 5.92. The number of aromatic carboxylic acids is 1. The van der Waals surface area contributed by atoms with Crippen molar-refractivity contribution in [1.29, 1.82) is 0 Å². The van der Waals surface area contributed by atoms with Crippen LogP contribution < -0.4 is 10.5 Å². The van der Waals surface area contributed by atoms with Gasteiger partial charge in [-0.25, -0.2) is 9.78 Å². The van der Waals surface area contributed by atoms with Crippen molar-refractivity contribution >= 4 is 11.9 Å². The Morgan fingerprint density at radius 2 is 1.85 bits per heavy atom. The maximum Gasteiger partial charge on any atom is 0.354 e. The van der Waals surface area contributed by atoms with Crippen LogP contribution in [-0.4, -0.2) is 22.0 Å². The number of nitrogens with zero attached hydrogens (tertiary/aromatic N) is 1. The van der Waals surface area contributed by atoms with Crippen LogP contribution in [0.2, 0.25) is 0 Å². The number of benzene rings is 1. The van der Waals surface area contributed by atoms with Gasteiger partial charge in [0.05, 0.1) is 5.69 Å². The molecule has 0 saturated carbocycles. The lowest BCUT2D eigenvalue weighted by atomic mass is 10.2. The van der Waals surface area contributed by atoms with Crippen LogP contribution >= 0.6 is 0 Å². The van der Waals surface area contributed by atoms with Gasteiger partial charge in [0.1, 0.15) is 18.1 Å². The van der Waals surface area contributed by atoms with Crippen molar-refractivity contribution in [3.63, 3.8) is 0 Å². The van der Waals surface area contributed by atoms with Crippen LogP contribution in [0.3, 0.4) is 0 Å².